The average molecular weight is 462 g/mol. The van der Waals surface area contributed by atoms with Gasteiger partial charge in [-0.2, -0.15) is 0 Å². The van der Waals surface area contributed by atoms with E-state index in [1.54, 1.807) is 29.5 Å². The molecule has 0 radical (unpaired) electrons. The van der Waals surface area contributed by atoms with Crippen LogP contribution in [-0.2, 0) is 21.4 Å². The number of para-hydroxylation sites is 1. The van der Waals surface area contributed by atoms with Crippen molar-refractivity contribution >= 4 is 44.7 Å². The number of amides is 1. The molecule has 1 amide bonds. The maximum atomic E-state index is 13.8. The number of anilines is 2. The van der Waals surface area contributed by atoms with Gasteiger partial charge in [-0.15, -0.1) is 11.3 Å². The highest BCUT2D eigenvalue weighted by molar-refractivity contribution is 7.92. The molecule has 7 nitrogen and oxygen atoms in total. The summed E-state index contributed by atoms with van der Waals surface area (Å²) in [4.78, 5) is 16.6. The van der Waals surface area contributed by atoms with Gasteiger partial charge in [0.05, 0.1) is 22.6 Å². The number of nitrogens with one attached hydrogen (secondary N) is 2. The summed E-state index contributed by atoms with van der Waals surface area (Å²) in [6.07, 6.45) is 3.81. The Labute approximate surface area is 183 Å². The second-order valence-corrected chi connectivity index (χ2v) is 9.39. The molecule has 0 saturated heterocycles. The van der Waals surface area contributed by atoms with E-state index in [1.165, 1.54) is 18.2 Å². The zero-order valence-electron chi connectivity index (χ0n) is 16.8. The highest BCUT2D eigenvalue weighted by Crippen LogP contribution is 2.23. The maximum Gasteiger partial charge on any atom is 0.248 e. The van der Waals surface area contributed by atoms with Gasteiger partial charge in [0.25, 0.3) is 0 Å². The highest BCUT2D eigenvalue weighted by atomic mass is 32.2. The first kappa shape index (κ1) is 22.4. The third-order valence-electron chi connectivity index (χ3n) is 3.90. The predicted octanol–water partition coefficient (Wildman–Crippen LogP) is 4.19. The summed E-state index contributed by atoms with van der Waals surface area (Å²) in [6, 6.07) is 10.8. The number of aromatic nitrogens is 1. The summed E-state index contributed by atoms with van der Waals surface area (Å²) in [5, 5.41) is 5.45. The van der Waals surface area contributed by atoms with Crippen LogP contribution in [-0.4, -0.2) is 25.6 Å². The number of hydrogen-bond donors (Lipinski definition) is 2. The van der Waals surface area contributed by atoms with Gasteiger partial charge in [-0.1, -0.05) is 18.2 Å². The summed E-state index contributed by atoms with van der Waals surface area (Å²) >= 11 is 1.54. The molecular formula is C21H20FN3O4S2. The molecule has 0 fully saturated rings. The summed E-state index contributed by atoms with van der Waals surface area (Å²) in [6.45, 7) is 2.23. The minimum Gasteiger partial charge on any atom is -0.487 e. The van der Waals surface area contributed by atoms with Gasteiger partial charge in [0, 0.05) is 22.7 Å². The van der Waals surface area contributed by atoms with Crippen molar-refractivity contribution in [2.45, 2.75) is 13.5 Å². The molecule has 2 aromatic carbocycles. The van der Waals surface area contributed by atoms with E-state index in [0.717, 1.165) is 23.0 Å². The molecule has 0 atom stereocenters. The van der Waals surface area contributed by atoms with E-state index in [4.69, 9.17) is 4.74 Å². The van der Waals surface area contributed by atoms with Crippen LogP contribution in [0.4, 0.5) is 15.8 Å². The lowest BCUT2D eigenvalue weighted by molar-refractivity contribution is -0.111. The molecule has 162 valence electrons. The summed E-state index contributed by atoms with van der Waals surface area (Å²) < 4.78 is 44.3. The number of halogens is 1. The molecule has 0 unspecified atom stereocenters. The first-order valence-electron chi connectivity index (χ1n) is 9.09. The van der Waals surface area contributed by atoms with Gasteiger partial charge in [0.1, 0.15) is 18.2 Å². The molecule has 1 aromatic heterocycles. The number of carbonyl (C=O) groups excluding carboxylic acids is 1. The predicted molar refractivity (Wildman–Crippen MR) is 120 cm³/mol. The molecule has 0 aliphatic carbocycles. The molecule has 0 aliphatic rings. The van der Waals surface area contributed by atoms with E-state index in [1.807, 2.05) is 24.4 Å². The molecule has 3 aromatic rings. The number of thiazole rings is 1. The van der Waals surface area contributed by atoms with E-state index in [2.05, 4.69) is 15.0 Å². The largest absolute Gasteiger partial charge is 0.487 e. The molecule has 3 rings (SSSR count). The number of benzene rings is 2. The summed E-state index contributed by atoms with van der Waals surface area (Å²) in [5.74, 6) is -0.624. The fourth-order valence-electron chi connectivity index (χ4n) is 2.61. The number of nitrogens with zero attached hydrogens (tertiary/aromatic N) is 1. The first-order chi connectivity index (χ1) is 14.7. The van der Waals surface area contributed by atoms with E-state index in [0.29, 0.717) is 17.9 Å². The fraction of sp³-hybridized carbons (Fsp3) is 0.143. The molecule has 1 heterocycles. The van der Waals surface area contributed by atoms with Crippen LogP contribution in [0.5, 0.6) is 5.75 Å². The molecule has 0 spiro atoms. The zero-order valence-corrected chi connectivity index (χ0v) is 18.4. The monoisotopic (exact) mass is 461 g/mol. The minimum atomic E-state index is -3.65. The maximum absolute atomic E-state index is 13.8. The van der Waals surface area contributed by atoms with Crippen molar-refractivity contribution < 1.29 is 22.3 Å². The Morgan fingerprint density at radius 1 is 1.26 bits per heavy atom. The Morgan fingerprint density at radius 2 is 2.03 bits per heavy atom. The number of hydrogen-bond acceptors (Lipinski definition) is 6. The summed E-state index contributed by atoms with van der Waals surface area (Å²) in [5.41, 5.74) is 1.52. The van der Waals surface area contributed by atoms with Crippen molar-refractivity contribution in [3.8, 4) is 5.75 Å². The molecule has 0 bridgehead atoms. The van der Waals surface area contributed by atoms with Crippen molar-refractivity contribution in [1.29, 1.82) is 0 Å². The third kappa shape index (κ3) is 6.90. The van der Waals surface area contributed by atoms with Gasteiger partial charge in [-0.3, -0.25) is 9.52 Å². The SMILES string of the molecule is Cc1nc(COc2ccccc2/C=C/C(=O)Nc2ccc(F)c(NS(C)(=O)=O)c2)cs1. The van der Waals surface area contributed by atoms with E-state index >= 15 is 0 Å². The smallest absolute Gasteiger partial charge is 0.248 e. The Balaban J connectivity index is 1.67. The number of ether oxygens (including phenoxy) is 1. The standard InChI is InChI=1S/C21H20FN3O4S2/c1-14-23-17(13-30-14)12-29-20-6-4-3-5-15(20)7-10-21(26)24-16-8-9-18(22)19(11-16)25-31(2,27)28/h3-11,13,25H,12H2,1-2H3,(H,24,26)/b10-7+. The molecule has 0 aliphatic heterocycles. The van der Waals surface area contributed by atoms with Crippen molar-refractivity contribution in [2.24, 2.45) is 0 Å². The lowest BCUT2D eigenvalue weighted by Gasteiger charge is -2.09. The topological polar surface area (TPSA) is 97.4 Å². The van der Waals surface area contributed by atoms with Gasteiger partial charge in [0.2, 0.25) is 15.9 Å². The number of aryl methyl sites for hydroxylation is 1. The Bertz CT molecular complexity index is 1220. The average Bonchev–Trinajstić information content (AvgIpc) is 3.12. The van der Waals surface area contributed by atoms with Gasteiger partial charge in [-0.05, 0) is 37.3 Å². The van der Waals surface area contributed by atoms with E-state index in [9.17, 15) is 17.6 Å². The van der Waals surface area contributed by atoms with Crippen LogP contribution in [0.2, 0.25) is 0 Å². The van der Waals surface area contributed by atoms with Crippen LogP contribution in [0.25, 0.3) is 6.08 Å². The lowest BCUT2D eigenvalue weighted by Crippen LogP contribution is -2.12. The minimum absolute atomic E-state index is 0.241. The molecule has 2 N–H and O–H groups in total. The Morgan fingerprint density at radius 3 is 2.74 bits per heavy atom. The lowest BCUT2D eigenvalue weighted by atomic mass is 10.2. The second kappa shape index (κ2) is 9.71. The first-order valence-corrected chi connectivity index (χ1v) is 11.9. The molecular weight excluding hydrogens is 441 g/mol. The van der Waals surface area contributed by atoms with Crippen LogP contribution in [0, 0.1) is 12.7 Å². The number of sulfonamides is 1. The van der Waals surface area contributed by atoms with Crippen molar-refractivity contribution in [2.75, 3.05) is 16.3 Å². The van der Waals surface area contributed by atoms with E-state index in [-0.39, 0.29) is 11.4 Å². The zero-order chi connectivity index (χ0) is 22.4. The van der Waals surface area contributed by atoms with Crippen molar-refractivity contribution in [1.82, 2.24) is 4.98 Å². The highest BCUT2D eigenvalue weighted by Gasteiger charge is 2.10. The van der Waals surface area contributed by atoms with Gasteiger partial charge in [0.15, 0.2) is 0 Å². The van der Waals surface area contributed by atoms with Gasteiger partial charge >= 0.3 is 0 Å². The van der Waals surface area contributed by atoms with Crippen LogP contribution in [0.15, 0.2) is 53.9 Å². The van der Waals surface area contributed by atoms with Crippen LogP contribution < -0.4 is 14.8 Å². The Kier molecular flexibility index (Phi) is 7.03. The molecule has 0 saturated carbocycles. The number of rotatable bonds is 8. The van der Waals surface area contributed by atoms with Crippen molar-refractivity contribution in [3.05, 3.63) is 76.0 Å². The molecule has 10 heteroatoms. The summed E-state index contributed by atoms with van der Waals surface area (Å²) in [7, 11) is -3.65. The normalized spacial score (nSPS) is 11.5. The van der Waals surface area contributed by atoms with E-state index < -0.39 is 21.7 Å². The molecule has 31 heavy (non-hydrogen) atoms. The fourth-order valence-corrected chi connectivity index (χ4v) is 3.76. The van der Waals surface area contributed by atoms with Crippen LogP contribution in [0.3, 0.4) is 0 Å². The quantitative estimate of drug-likeness (QED) is 0.490. The second-order valence-electron chi connectivity index (χ2n) is 6.58. The van der Waals surface area contributed by atoms with Crippen LogP contribution in [0.1, 0.15) is 16.3 Å². The van der Waals surface area contributed by atoms with Crippen molar-refractivity contribution in [3.63, 3.8) is 0 Å². The van der Waals surface area contributed by atoms with Gasteiger partial charge in [-0.25, -0.2) is 17.8 Å². The Hall–Kier alpha value is -3.24. The third-order valence-corrected chi connectivity index (χ3v) is 5.32. The van der Waals surface area contributed by atoms with Gasteiger partial charge < -0.3 is 10.1 Å². The number of carbonyl (C=O) groups is 1. The van der Waals surface area contributed by atoms with Crippen LogP contribution >= 0.6 is 11.3 Å².